The van der Waals surface area contributed by atoms with Gasteiger partial charge in [-0.3, -0.25) is 4.79 Å². The van der Waals surface area contributed by atoms with Gasteiger partial charge in [0.2, 0.25) is 0 Å². The van der Waals surface area contributed by atoms with Crippen molar-refractivity contribution in [1.82, 2.24) is 5.32 Å². The van der Waals surface area contributed by atoms with Crippen LogP contribution in [0.3, 0.4) is 0 Å². The fourth-order valence-electron chi connectivity index (χ4n) is 0.965. The number of alkyl halides is 1. The van der Waals surface area contributed by atoms with Crippen molar-refractivity contribution in [2.45, 2.75) is 32.8 Å². The van der Waals surface area contributed by atoms with Gasteiger partial charge in [0.15, 0.2) is 0 Å². The zero-order valence-electron chi connectivity index (χ0n) is 9.75. The van der Waals surface area contributed by atoms with Crippen LogP contribution in [0.5, 0.6) is 0 Å². The summed E-state index contributed by atoms with van der Waals surface area (Å²) in [4.78, 5) is 22.0. The molecule has 0 rings (SSSR count). The molecule has 0 fully saturated rings. The Morgan fingerprint density at radius 2 is 2.00 bits per heavy atom. The highest BCUT2D eigenvalue weighted by Gasteiger charge is 2.20. The maximum absolute atomic E-state index is 11.3. The molecule has 5 nitrogen and oxygen atoms in total. The number of hydrogen-bond donors (Lipinski definition) is 2. The van der Waals surface area contributed by atoms with Crippen molar-refractivity contribution in [2.75, 3.05) is 11.9 Å². The van der Waals surface area contributed by atoms with Gasteiger partial charge >= 0.3 is 12.1 Å². The fraction of sp³-hybridized carbons (Fsp3) is 0.800. The second-order valence-corrected chi connectivity index (χ2v) is 5.19. The first-order valence-electron chi connectivity index (χ1n) is 5.02. The van der Waals surface area contributed by atoms with E-state index < -0.39 is 23.6 Å². The molecule has 1 amide bonds. The summed E-state index contributed by atoms with van der Waals surface area (Å²) in [6, 6.07) is 0. The number of carbonyl (C=O) groups excluding carboxylic acids is 1. The standard InChI is InChI=1S/C10H18BrNO4/c1-10(2,3)16-9(15)12-6-7(4-5-11)8(13)14/h7H,4-6H2,1-3H3,(H,12,15)(H,13,14)/t7-/m0/s1. The summed E-state index contributed by atoms with van der Waals surface area (Å²) in [6.07, 6.45) is -0.126. The Bertz CT molecular complexity index is 250. The number of amides is 1. The first kappa shape index (κ1) is 15.2. The highest BCUT2D eigenvalue weighted by molar-refractivity contribution is 9.09. The van der Waals surface area contributed by atoms with Crippen LogP contribution in [0.1, 0.15) is 27.2 Å². The van der Waals surface area contributed by atoms with Gasteiger partial charge in [-0.15, -0.1) is 0 Å². The summed E-state index contributed by atoms with van der Waals surface area (Å²) >= 11 is 3.17. The number of carbonyl (C=O) groups is 2. The highest BCUT2D eigenvalue weighted by Crippen LogP contribution is 2.08. The topological polar surface area (TPSA) is 75.6 Å². The molecule has 94 valence electrons. The largest absolute Gasteiger partial charge is 0.481 e. The van der Waals surface area contributed by atoms with E-state index in [1.807, 2.05) is 0 Å². The van der Waals surface area contributed by atoms with Gasteiger partial charge in [0.05, 0.1) is 5.92 Å². The summed E-state index contributed by atoms with van der Waals surface area (Å²) in [7, 11) is 0. The minimum atomic E-state index is -0.921. The molecule has 0 radical (unpaired) electrons. The van der Waals surface area contributed by atoms with Gasteiger partial charge in [0.25, 0.3) is 0 Å². The Balaban J connectivity index is 4.01. The monoisotopic (exact) mass is 295 g/mol. The van der Waals surface area contributed by atoms with Crippen LogP contribution in [0.4, 0.5) is 4.79 Å². The van der Waals surface area contributed by atoms with Crippen LogP contribution in [0.15, 0.2) is 0 Å². The molecule has 0 aromatic rings. The van der Waals surface area contributed by atoms with E-state index in [2.05, 4.69) is 21.2 Å². The van der Waals surface area contributed by atoms with E-state index in [9.17, 15) is 9.59 Å². The van der Waals surface area contributed by atoms with Crippen LogP contribution in [0, 0.1) is 5.92 Å². The number of alkyl carbamates (subject to hydrolysis) is 1. The molecule has 0 saturated heterocycles. The molecule has 0 aliphatic rings. The van der Waals surface area contributed by atoms with Crippen molar-refractivity contribution in [3.8, 4) is 0 Å². The van der Waals surface area contributed by atoms with Crippen LogP contribution in [-0.2, 0) is 9.53 Å². The molecule has 0 aromatic heterocycles. The van der Waals surface area contributed by atoms with E-state index >= 15 is 0 Å². The van der Waals surface area contributed by atoms with Crippen molar-refractivity contribution in [2.24, 2.45) is 5.92 Å². The van der Waals surface area contributed by atoms with Crippen molar-refractivity contribution >= 4 is 28.0 Å². The molecule has 0 heterocycles. The molecule has 0 saturated carbocycles. The summed E-state index contributed by atoms with van der Waals surface area (Å²) in [5.41, 5.74) is -0.571. The van der Waals surface area contributed by atoms with E-state index in [0.717, 1.165) is 0 Å². The van der Waals surface area contributed by atoms with E-state index in [4.69, 9.17) is 9.84 Å². The number of ether oxygens (including phenoxy) is 1. The zero-order valence-corrected chi connectivity index (χ0v) is 11.3. The molecular formula is C10H18BrNO4. The van der Waals surface area contributed by atoms with Gasteiger partial charge in [-0.25, -0.2) is 4.79 Å². The fourth-order valence-corrected chi connectivity index (χ4v) is 1.52. The Labute approximate surface area is 104 Å². The van der Waals surface area contributed by atoms with Gasteiger partial charge in [-0.2, -0.15) is 0 Å². The predicted octanol–water partition coefficient (Wildman–Crippen LogP) is 2.00. The number of hydrogen-bond acceptors (Lipinski definition) is 3. The maximum atomic E-state index is 11.3. The van der Waals surface area contributed by atoms with E-state index in [1.165, 1.54) is 0 Å². The minimum Gasteiger partial charge on any atom is -0.481 e. The highest BCUT2D eigenvalue weighted by atomic mass is 79.9. The molecule has 0 aromatic carbocycles. The first-order valence-corrected chi connectivity index (χ1v) is 6.14. The smallest absolute Gasteiger partial charge is 0.407 e. The van der Waals surface area contributed by atoms with Crippen LogP contribution in [0.2, 0.25) is 0 Å². The lowest BCUT2D eigenvalue weighted by Crippen LogP contribution is -2.37. The van der Waals surface area contributed by atoms with E-state index in [0.29, 0.717) is 11.8 Å². The lowest BCUT2D eigenvalue weighted by atomic mass is 10.1. The average Bonchev–Trinajstić information content (AvgIpc) is 2.08. The second kappa shape index (κ2) is 6.73. The van der Waals surface area contributed by atoms with Gasteiger partial charge < -0.3 is 15.2 Å². The minimum absolute atomic E-state index is 0.0792. The summed E-state index contributed by atoms with van der Waals surface area (Å²) < 4.78 is 4.99. The first-order chi connectivity index (χ1) is 7.26. The molecular weight excluding hydrogens is 278 g/mol. The van der Waals surface area contributed by atoms with Gasteiger partial charge in [0.1, 0.15) is 5.60 Å². The Morgan fingerprint density at radius 1 is 1.44 bits per heavy atom. The molecule has 0 bridgehead atoms. The molecule has 1 atom stereocenters. The number of aliphatic carboxylic acids is 1. The number of halogens is 1. The second-order valence-electron chi connectivity index (χ2n) is 4.40. The lowest BCUT2D eigenvalue weighted by Gasteiger charge is -2.20. The normalized spacial score (nSPS) is 13.0. The lowest BCUT2D eigenvalue weighted by molar-refractivity contribution is -0.141. The van der Waals surface area contributed by atoms with Crippen LogP contribution >= 0.6 is 15.9 Å². The maximum Gasteiger partial charge on any atom is 0.407 e. The Hall–Kier alpha value is -0.780. The van der Waals surface area contributed by atoms with Crippen LogP contribution < -0.4 is 5.32 Å². The third-order valence-electron chi connectivity index (χ3n) is 1.70. The van der Waals surface area contributed by atoms with Crippen molar-refractivity contribution in [3.05, 3.63) is 0 Å². The molecule has 0 aliphatic carbocycles. The third kappa shape index (κ3) is 7.50. The molecule has 6 heteroatoms. The van der Waals surface area contributed by atoms with Crippen molar-refractivity contribution in [3.63, 3.8) is 0 Å². The van der Waals surface area contributed by atoms with Crippen LogP contribution in [0.25, 0.3) is 0 Å². The average molecular weight is 296 g/mol. The van der Waals surface area contributed by atoms with Gasteiger partial charge in [0, 0.05) is 11.9 Å². The molecule has 0 spiro atoms. The number of rotatable bonds is 5. The zero-order chi connectivity index (χ0) is 12.8. The quantitative estimate of drug-likeness (QED) is 0.761. The van der Waals surface area contributed by atoms with E-state index in [1.54, 1.807) is 20.8 Å². The third-order valence-corrected chi connectivity index (χ3v) is 2.16. The Kier molecular flexibility index (Phi) is 6.40. The number of carboxylic acid groups (broad SMARTS) is 1. The summed E-state index contributed by atoms with van der Waals surface area (Å²) in [5, 5.41) is 11.9. The van der Waals surface area contributed by atoms with Gasteiger partial charge in [-0.05, 0) is 27.2 Å². The van der Waals surface area contributed by atoms with Gasteiger partial charge in [-0.1, -0.05) is 15.9 Å². The molecule has 0 unspecified atom stereocenters. The SMILES string of the molecule is CC(C)(C)OC(=O)NC[C@H](CCBr)C(=O)O. The van der Waals surface area contributed by atoms with Crippen LogP contribution in [-0.4, -0.2) is 34.6 Å². The molecule has 2 N–H and O–H groups in total. The molecule has 0 aliphatic heterocycles. The van der Waals surface area contributed by atoms with Crippen molar-refractivity contribution in [1.29, 1.82) is 0 Å². The summed E-state index contributed by atoms with van der Waals surface area (Å²) in [6.45, 7) is 5.33. The predicted molar refractivity (Wildman–Crippen MR) is 63.8 cm³/mol. The Morgan fingerprint density at radius 3 is 2.38 bits per heavy atom. The van der Waals surface area contributed by atoms with E-state index in [-0.39, 0.29) is 6.54 Å². The molecule has 16 heavy (non-hydrogen) atoms. The van der Waals surface area contributed by atoms with Crippen molar-refractivity contribution < 1.29 is 19.4 Å². The number of carboxylic acids is 1. The summed E-state index contributed by atoms with van der Waals surface area (Å²) in [5.74, 6) is -1.51. The number of nitrogens with one attached hydrogen (secondary N) is 1.